The molecular weight excluding hydrogens is 516 g/mol. The van der Waals surface area contributed by atoms with Crippen LogP contribution in [0, 0.1) is 6.92 Å². The first-order valence-electron chi connectivity index (χ1n) is 15.1. The number of ketones is 1. The van der Waals surface area contributed by atoms with Gasteiger partial charge in [0.25, 0.3) is 5.91 Å². The van der Waals surface area contributed by atoms with Gasteiger partial charge in [0, 0.05) is 16.8 Å². The van der Waals surface area contributed by atoms with Crippen LogP contribution in [0.1, 0.15) is 122 Å². The van der Waals surface area contributed by atoms with Crippen molar-refractivity contribution in [3.8, 4) is 5.75 Å². The van der Waals surface area contributed by atoms with Gasteiger partial charge in [-0.05, 0) is 50.6 Å². The average molecular weight is 564 g/mol. The molecule has 216 valence electrons. The Hall–Kier alpha value is -2.99. The van der Waals surface area contributed by atoms with Gasteiger partial charge in [-0.15, -0.1) is 0 Å². The number of anilines is 1. The number of nitrogens with zero attached hydrogens (tertiary/aromatic N) is 1. The molecule has 0 fully saturated rings. The number of hydrogen-bond donors (Lipinski definition) is 1. The molecule has 0 aliphatic carbocycles. The number of thiazole rings is 1. The number of amides is 1. The van der Waals surface area contributed by atoms with Crippen molar-refractivity contribution in [2.75, 3.05) is 11.9 Å². The zero-order valence-corrected chi connectivity index (χ0v) is 25.5. The summed E-state index contributed by atoms with van der Waals surface area (Å²) in [6, 6.07) is 13.0. The SMILES string of the molecule is CCCCCCCCCCCCCCOc1ccc(C(=O)Nc2ccc(C[n+]3csc(C)c3)cc2)cc1C(C)=O. The third kappa shape index (κ3) is 11.2. The Morgan fingerprint density at radius 3 is 2.05 bits per heavy atom. The Morgan fingerprint density at radius 2 is 1.48 bits per heavy atom. The average Bonchev–Trinajstić information content (AvgIpc) is 3.36. The number of rotatable bonds is 19. The molecule has 0 unspecified atom stereocenters. The van der Waals surface area contributed by atoms with Crippen molar-refractivity contribution < 1.29 is 18.9 Å². The van der Waals surface area contributed by atoms with Gasteiger partial charge in [-0.2, -0.15) is 4.57 Å². The first kappa shape index (κ1) is 31.5. The van der Waals surface area contributed by atoms with Crippen LogP contribution in [-0.2, 0) is 6.54 Å². The van der Waals surface area contributed by atoms with Gasteiger partial charge in [0.15, 0.2) is 18.5 Å². The van der Waals surface area contributed by atoms with E-state index in [1.807, 2.05) is 24.3 Å². The Balaban J connectivity index is 1.39. The monoisotopic (exact) mass is 563 g/mol. The number of nitrogens with one attached hydrogen (secondary N) is 1. The number of carbonyl (C=O) groups excluding carboxylic acids is 2. The van der Waals surface area contributed by atoms with Crippen molar-refractivity contribution in [3.05, 3.63) is 75.7 Å². The third-order valence-corrected chi connectivity index (χ3v) is 8.03. The van der Waals surface area contributed by atoms with Crippen LogP contribution >= 0.6 is 11.3 Å². The maximum atomic E-state index is 12.9. The summed E-state index contributed by atoms with van der Waals surface area (Å²) in [4.78, 5) is 26.5. The van der Waals surface area contributed by atoms with Gasteiger partial charge in [-0.3, -0.25) is 9.59 Å². The van der Waals surface area contributed by atoms with Crippen LogP contribution in [0.2, 0.25) is 0 Å². The number of aryl methyl sites for hydroxylation is 1. The fraction of sp³-hybridized carbons (Fsp3) is 0.500. The summed E-state index contributed by atoms with van der Waals surface area (Å²) in [5.74, 6) is 0.202. The number of benzene rings is 2. The van der Waals surface area contributed by atoms with E-state index in [1.165, 1.54) is 76.0 Å². The summed E-state index contributed by atoms with van der Waals surface area (Å²) in [5, 5.41) is 2.94. The maximum absolute atomic E-state index is 12.9. The van der Waals surface area contributed by atoms with E-state index in [1.54, 1.807) is 29.5 Å². The lowest BCUT2D eigenvalue weighted by Crippen LogP contribution is -2.30. The fourth-order valence-electron chi connectivity index (χ4n) is 4.83. The van der Waals surface area contributed by atoms with Crippen molar-refractivity contribution in [1.82, 2.24) is 0 Å². The minimum atomic E-state index is -0.245. The summed E-state index contributed by atoms with van der Waals surface area (Å²) in [6.45, 7) is 7.24. The topological polar surface area (TPSA) is 59.3 Å². The summed E-state index contributed by atoms with van der Waals surface area (Å²) < 4.78 is 8.10. The molecule has 0 aliphatic rings. The predicted octanol–water partition coefficient (Wildman–Crippen LogP) is 8.93. The molecule has 1 N–H and O–H groups in total. The van der Waals surface area contributed by atoms with Crippen LogP contribution in [0.5, 0.6) is 5.75 Å². The molecule has 0 spiro atoms. The summed E-state index contributed by atoms with van der Waals surface area (Å²) in [7, 11) is 0. The molecule has 6 heteroatoms. The molecule has 1 aromatic heterocycles. The summed E-state index contributed by atoms with van der Waals surface area (Å²) >= 11 is 1.72. The first-order valence-corrected chi connectivity index (χ1v) is 16.0. The zero-order valence-electron chi connectivity index (χ0n) is 24.7. The molecule has 0 radical (unpaired) electrons. The lowest BCUT2D eigenvalue weighted by Gasteiger charge is -2.12. The Bertz CT molecular complexity index is 1190. The number of carbonyl (C=O) groups is 2. The number of unbranched alkanes of at least 4 members (excludes halogenated alkanes) is 11. The Labute approximate surface area is 245 Å². The van der Waals surface area contributed by atoms with E-state index in [0.717, 1.165) is 30.6 Å². The van der Waals surface area contributed by atoms with E-state index in [0.29, 0.717) is 23.5 Å². The van der Waals surface area contributed by atoms with Crippen LogP contribution < -0.4 is 14.6 Å². The van der Waals surface area contributed by atoms with E-state index in [2.05, 4.69) is 35.4 Å². The standard InChI is InChI=1S/C34H46N2O3S/c1-4-5-6-7-8-9-10-11-12-13-14-15-22-39-33-21-18-30(23-32(33)28(3)37)34(38)35-31-19-16-29(17-20-31)25-36-24-27(2)40-26-36/h16-21,23-24,26H,4-15,22,25H2,1-3H3/p+1. The molecule has 0 bridgehead atoms. The normalized spacial score (nSPS) is 11.0. The molecule has 3 rings (SSSR count). The number of Topliss-reactive ketones (excluding diaryl/α,β-unsaturated/α-hetero) is 1. The van der Waals surface area contributed by atoms with Gasteiger partial charge in [0.2, 0.25) is 5.51 Å². The van der Waals surface area contributed by atoms with E-state index >= 15 is 0 Å². The molecule has 1 heterocycles. The van der Waals surface area contributed by atoms with E-state index < -0.39 is 0 Å². The van der Waals surface area contributed by atoms with Gasteiger partial charge in [0.1, 0.15) is 5.75 Å². The van der Waals surface area contributed by atoms with Crippen LogP contribution in [0.25, 0.3) is 0 Å². The van der Waals surface area contributed by atoms with Crippen LogP contribution in [0.15, 0.2) is 54.2 Å². The quantitative estimate of drug-likeness (QED) is 0.0900. The first-order chi connectivity index (χ1) is 19.5. The minimum absolute atomic E-state index is 0.107. The number of aromatic nitrogens is 1. The lowest BCUT2D eigenvalue weighted by molar-refractivity contribution is -0.683. The summed E-state index contributed by atoms with van der Waals surface area (Å²) in [5.41, 5.74) is 4.87. The van der Waals surface area contributed by atoms with Crippen molar-refractivity contribution in [1.29, 1.82) is 0 Å². The van der Waals surface area contributed by atoms with Crippen LogP contribution in [0.4, 0.5) is 5.69 Å². The smallest absolute Gasteiger partial charge is 0.255 e. The second-order valence-electron chi connectivity index (χ2n) is 10.8. The molecular formula is C34H47N2O3S+. The van der Waals surface area contributed by atoms with E-state index in [-0.39, 0.29) is 11.7 Å². The Morgan fingerprint density at radius 1 is 0.850 bits per heavy atom. The zero-order chi connectivity index (χ0) is 28.6. The van der Waals surface area contributed by atoms with Gasteiger partial charge in [-0.25, -0.2) is 0 Å². The van der Waals surface area contributed by atoms with Gasteiger partial charge in [-0.1, -0.05) is 101 Å². The maximum Gasteiger partial charge on any atom is 0.255 e. The summed E-state index contributed by atoms with van der Waals surface area (Å²) in [6.07, 6.45) is 17.6. The molecule has 0 saturated heterocycles. The van der Waals surface area contributed by atoms with E-state index in [9.17, 15) is 9.59 Å². The van der Waals surface area contributed by atoms with Gasteiger partial charge < -0.3 is 10.1 Å². The molecule has 0 atom stereocenters. The van der Waals surface area contributed by atoms with Crippen molar-refractivity contribution in [2.45, 2.75) is 104 Å². The third-order valence-electron chi connectivity index (χ3n) is 7.18. The van der Waals surface area contributed by atoms with E-state index in [4.69, 9.17) is 4.74 Å². The molecule has 1 amide bonds. The van der Waals surface area contributed by atoms with Crippen LogP contribution in [0.3, 0.4) is 0 Å². The fourth-order valence-corrected chi connectivity index (χ4v) is 5.47. The molecule has 3 aromatic rings. The molecule has 0 aliphatic heterocycles. The van der Waals surface area contributed by atoms with Gasteiger partial charge in [0.05, 0.1) is 17.0 Å². The molecule has 0 saturated carbocycles. The highest BCUT2D eigenvalue weighted by molar-refractivity contribution is 7.09. The Kier molecular flexibility index (Phi) is 13.9. The minimum Gasteiger partial charge on any atom is -0.493 e. The second-order valence-corrected chi connectivity index (χ2v) is 11.9. The van der Waals surface area contributed by atoms with Crippen molar-refractivity contribution in [2.24, 2.45) is 0 Å². The highest BCUT2D eigenvalue weighted by Crippen LogP contribution is 2.23. The lowest BCUT2D eigenvalue weighted by atomic mass is 10.1. The molecule has 40 heavy (non-hydrogen) atoms. The highest BCUT2D eigenvalue weighted by atomic mass is 32.1. The van der Waals surface area contributed by atoms with Gasteiger partial charge >= 0.3 is 0 Å². The number of hydrogen-bond acceptors (Lipinski definition) is 4. The van der Waals surface area contributed by atoms with Crippen molar-refractivity contribution >= 4 is 28.7 Å². The molecule has 5 nitrogen and oxygen atoms in total. The molecule has 2 aromatic carbocycles. The largest absolute Gasteiger partial charge is 0.493 e. The predicted molar refractivity (Wildman–Crippen MR) is 166 cm³/mol. The second kappa shape index (κ2) is 17.6. The van der Waals surface area contributed by atoms with Crippen molar-refractivity contribution in [3.63, 3.8) is 0 Å². The highest BCUT2D eigenvalue weighted by Gasteiger charge is 2.14. The van der Waals surface area contributed by atoms with Crippen LogP contribution in [-0.4, -0.2) is 18.3 Å². The number of ether oxygens (including phenoxy) is 1.